The second kappa shape index (κ2) is 4.30. The lowest BCUT2D eigenvalue weighted by Gasteiger charge is -2.21. The highest BCUT2D eigenvalue weighted by molar-refractivity contribution is 5.68. The summed E-state index contributed by atoms with van der Waals surface area (Å²) in [5.74, 6) is 0. The van der Waals surface area contributed by atoms with Crippen molar-refractivity contribution < 1.29 is 9.53 Å². The largest absolute Gasteiger partial charge is 0.444 e. The summed E-state index contributed by atoms with van der Waals surface area (Å²) in [4.78, 5) is 11.2. The molecular formula is C10H19NO2. The zero-order valence-electron chi connectivity index (χ0n) is 9.10. The normalized spacial score (nSPS) is 13.3. The number of hydrogen-bond donors (Lipinski definition) is 1. The van der Waals surface area contributed by atoms with E-state index in [-0.39, 0.29) is 6.04 Å². The van der Waals surface area contributed by atoms with Crippen LogP contribution in [0.15, 0.2) is 12.2 Å². The molecule has 1 unspecified atom stereocenters. The Morgan fingerprint density at radius 1 is 1.46 bits per heavy atom. The third-order valence-corrected chi connectivity index (χ3v) is 1.47. The molecule has 0 saturated carbocycles. The fourth-order valence-electron chi connectivity index (χ4n) is 0.608. The van der Waals surface area contributed by atoms with Crippen LogP contribution in [0.3, 0.4) is 0 Å². The van der Waals surface area contributed by atoms with Crippen LogP contribution >= 0.6 is 0 Å². The Labute approximate surface area is 80.2 Å². The Bertz CT molecular complexity index is 203. The van der Waals surface area contributed by atoms with Gasteiger partial charge in [-0.25, -0.2) is 4.79 Å². The summed E-state index contributed by atoms with van der Waals surface area (Å²) in [6.45, 7) is 13.0. The van der Waals surface area contributed by atoms with Gasteiger partial charge in [-0.3, -0.25) is 0 Å². The van der Waals surface area contributed by atoms with Gasteiger partial charge in [0, 0.05) is 0 Å². The highest BCUT2D eigenvalue weighted by atomic mass is 16.6. The number of carbonyl (C=O) groups is 1. The summed E-state index contributed by atoms with van der Waals surface area (Å²) < 4.78 is 5.07. The van der Waals surface area contributed by atoms with E-state index in [4.69, 9.17) is 4.74 Å². The average Bonchev–Trinajstić information content (AvgIpc) is 1.81. The SMILES string of the molecule is C=C(C)C(C)NC(=O)OC(C)(C)C. The first-order valence-electron chi connectivity index (χ1n) is 4.37. The first-order chi connectivity index (χ1) is 5.72. The maximum Gasteiger partial charge on any atom is 0.408 e. The lowest BCUT2D eigenvalue weighted by molar-refractivity contribution is 0.0516. The minimum atomic E-state index is -0.446. The van der Waals surface area contributed by atoms with Gasteiger partial charge in [-0.1, -0.05) is 12.2 Å². The molecule has 0 fully saturated rings. The van der Waals surface area contributed by atoms with E-state index < -0.39 is 11.7 Å². The topological polar surface area (TPSA) is 38.3 Å². The Hall–Kier alpha value is -0.990. The number of hydrogen-bond acceptors (Lipinski definition) is 2. The van der Waals surface area contributed by atoms with Gasteiger partial charge in [0.15, 0.2) is 0 Å². The highest BCUT2D eigenvalue weighted by Crippen LogP contribution is 2.07. The van der Waals surface area contributed by atoms with Crippen molar-refractivity contribution in [3.05, 3.63) is 12.2 Å². The zero-order chi connectivity index (χ0) is 10.6. The van der Waals surface area contributed by atoms with Crippen molar-refractivity contribution in [1.29, 1.82) is 0 Å². The van der Waals surface area contributed by atoms with Crippen LogP contribution in [0.5, 0.6) is 0 Å². The summed E-state index contributed by atoms with van der Waals surface area (Å²) >= 11 is 0. The fourth-order valence-corrected chi connectivity index (χ4v) is 0.608. The van der Waals surface area contributed by atoms with Crippen LogP contribution in [0.1, 0.15) is 34.6 Å². The fraction of sp³-hybridized carbons (Fsp3) is 0.700. The number of alkyl carbamates (subject to hydrolysis) is 1. The molecule has 0 aromatic heterocycles. The maximum absolute atomic E-state index is 11.2. The van der Waals surface area contributed by atoms with Crippen molar-refractivity contribution in [2.75, 3.05) is 0 Å². The average molecular weight is 185 g/mol. The van der Waals surface area contributed by atoms with E-state index >= 15 is 0 Å². The molecule has 1 atom stereocenters. The second-order valence-electron chi connectivity index (χ2n) is 4.21. The zero-order valence-corrected chi connectivity index (χ0v) is 9.10. The minimum absolute atomic E-state index is 0.0464. The molecule has 0 bridgehead atoms. The number of nitrogens with one attached hydrogen (secondary N) is 1. The monoisotopic (exact) mass is 185 g/mol. The summed E-state index contributed by atoms with van der Waals surface area (Å²) in [6.07, 6.45) is -0.400. The molecule has 1 amide bonds. The molecule has 0 aromatic carbocycles. The first kappa shape index (κ1) is 12.0. The standard InChI is InChI=1S/C10H19NO2/c1-7(2)8(3)11-9(12)13-10(4,5)6/h8H,1H2,2-6H3,(H,11,12). The first-order valence-corrected chi connectivity index (χ1v) is 4.37. The van der Waals surface area contributed by atoms with Gasteiger partial charge in [0.2, 0.25) is 0 Å². The van der Waals surface area contributed by atoms with Crippen molar-refractivity contribution in [1.82, 2.24) is 5.32 Å². The highest BCUT2D eigenvalue weighted by Gasteiger charge is 2.17. The van der Waals surface area contributed by atoms with E-state index in [1.807, 2.05) is 34.6 Å². The van der Waals surface area contributed by atoms with Gasteiger partial charge >= 0.3 is 6.09 Å². The molecule has 0 aliphatic carbocycles. The summed E-state index contributed by atoms with van der Waals surface area (Å²) in [7, 11) is 0. The molecule has 0 heterocycles. The Balaban J connectivity index is 3.96. The Morgan fingerprint density at radius 3 is 2.23 bits per heavy atom. The van der Waals surface area contributed by atoms with Gasteiger partial charge in [-0.2, -0.15) is 0 Å². The van der Waals surface area contributed by atoms with E-state index in [1.165, 1.54) is 0 Å². The van der Waals surface area contributed by atoms with Crippen LogP contribution in [0.25, 0.3) is 0 Å². The van der Waals surface area contributed by atoms with Crippen LogP contribution in [0.4, 0.5) is 4.79 Å². The van der Waals surface area contributed by atoms with Crippen LogP contribution in [0, 0.1) is 0 Å². The van der Waals surface area contributed by atoms with Gasteiger partial charge in [0.05, 0.1) is 6.04 Å². The molecule has 3 heteroatoms. The Morgan fingerprint density at radius 2 is 1.92 bits per heavy atom. The molecule has 76 valence electrons. The van der Waals surface area contributed by atoms with E-state index in [0.29, 0.717) is 0 Å². The molecule has 1 N–H and O–H groups in total. The molecule has 13 heavy (non-hydrogen) atoms. The maximum atomic E-state index is 11.2. The van der Waals surface area contributed by atoms with Gasteiger partial charge in [0.25, 0.3) is 0 Å². The number of rotatable bonds is 2. The third kappa shape index (κ3) is 6.20. The van der Waals surface area contributed by atoms with Crippen LogP contribution in [-0.4, -0.2) is 17.7 Å². The molecular weight excluding hydrogens is 166 g/mol. The van der Waals surface area contributed by atoms with Crippen LogP contribution in [-0.2, 0) is 4.74 Å². The van der Waals surface area contributed by atoms with E-state index in [1.54, 1.807) is 0 Å². The molecule has 3 nitrogen and oxygen atoms in total. The smallest absolute Gasteiger partial charge is 0.408 e. The molecule has 0 aliphatic heterocycles. The van der Waals surface area contributed by atoms with Crippen molar-refractivity contribution in [3.63, 3.8) is 0 Å². The van der Waals surface area contributed by atoms with Crippen molar-refractivity contribution in [2.24, 2.45) is 0 Å². The van der Waals surface area contributed by atoms with Crippen molar-refractivity contribution in [2.45, 2.75) is 46.3 Å². The quantitative estimate of drug-likeness (QED) is 0.671. The predicted octanol–water partition coefficient (Wildman–Crippen LogP) is 2.48. The second-order valence-corrected chi connectivity index (χ2v) is 4.21. The molecule has 0 aliphatic rings. The van der Waals surface area contributed by atoms with Crippen LogP contribution in [0.2, 0.25) is 0 Å². The van der Waals surface area contributed by atoms with Gasteiger partial charge in [0.1, 0.15) is 5.60 Å². The Kier molecular flexibility index (Phi) is 3.98. The van der Waals surface area contributed by atoms with Gasteiger partial charge < -0.3 is 10.1 Å². The van der Waals surface area contributed by atoms with E-state index in [9.17, 15) is 4.79 Å². The van der Waals surface area contributed by atoms with Crippen molar-refractivity contribution in [3.8, 4) is 0 Å². The predicted molar refractivity (Wildman–Crippen MR) is 53.6 cm³/mol. The summed E-state index contributed by atoms with van der Waals surface area (Å²) in [5, 5.41) is 2.68. The minimum Gasteiger partial charge on any atom is -0.444 e. The van der Waals surface area contributed by atoms with Crippen LogP contribution < -0.4 is 5.32 Å². The lowest BCUT2D eigenvalue weighted by Crippen LogP contribution is -2.37. The summed E-state index contributed by atoms with van der Waals surface area (Å²) in [5.41, 5.74) is 0.463. The molecule has 0 radical (unpaired) electrons. The molecule has 0 rings (SSSR count). The summed E-state index contributed by atoms with van der Waals surface area (Å²) in [6, 6.07) is -0.0464. The van der Waals surface area contributed by atoms with Gasteiger partial charge in [-0.15, -0.1) is 0 Å². The van der Waals surface area contributed by atoms with Gasteiger partial charge in [-0.05, 0) is 34.6 Å². The van der Waals surface area contributed by atoms with E-state index in [0.717, 1.165) is 5.57 Å². The third-order valence-electron chi connectivity index (χ3n) is 1.47. The molecule has 0 spiro atoms. The van der Waals surface area contributed by atoms with Crippen molar-refractivity contribution >= 4 is 6.09 Å². The number of amides is 1. The lowest BCUT2D eigenvalue weighted by atomic mass is 10.2. The molecule has 0 aromatic rings. The number of carbonyl (C=O) groups excluding carboxylic acids is 1. The van der Waals surface area contributed by atoms with E-state index in [2.05, 4.69) is 11.9 Å². The number of ether oxygens (including phenoxy) is 1. The molecule has 0 saturated heterocycles.